The first-order valence-electron chi connectivity index (χ1n) is 6.18. The molecule has 0 spiro atoms. The van der Waals surface area contributed by atoms with Crippen molar-refractivity contribution in [2.24, 2.45) is 0 Å². The van der Waals surface area contributed by atoms with Gasteiger partial charge < -0.3 is 14.6 Å². The summed E-state index contributed by atoms with van der Waals surface area (Å²) >= 11 is 0. The zero-order valence-corrected chi connectivity index (χ0v) is 10.7. The number of esters is 1. The second kappa shape index (κ2) is 4.98. The summed E-state index contributed by atoms with van der Waals surface area (Å²) < 4.78 is 10.5. The molecule has 0 amide bonds. The predicted molar refractivity (Wildman–Crippen MR) is 66.6 cm³/mol. The second-order valence-electron chi connectivity index (χ2n) is 4.60. The fraction of sp³-hybridized carbons (Fsp3) is 0.500. The van der Waals surface area contributed by atoms with E-state index in [1.807, 2.05) is 24.3 Å². The van der Waals surface area contributed by atoms with Crippen molar-refractivity contribution >= 4 is 5.97 Å². The van der Waals surface area contributed by atoms with Gasteiger partial charge in [0, 0.05) is 11.5 Å². The molecule has 0 bridgehead atoms. The first-order valence-corrected chi connectivity index (χ1v) is 6.18. The van der Waals surface area contributed by atoms with Crippen LogP contribution < -0.4 is 4.74 Å². The predicted octanol–water partition coefficient (Wildman–Crippen LogP) is 1.87. The maximum absolute atomic E-state index is 11.9. The van der Waals surface area contributed by atoms with E-state index in [0.717, 1.165) is 11.3 Å². The number of carbonyl (C=O) groups excluding carboxylic acids is 1. The van der Waals surface area contributed by atoms with Crippen LogP contribution in [0.4, 0.5) is 0 Å². The molecule has 18 heavy (non-hydrogen) atoms. The summed E-state index contributed by atoms with van der Waals surface area (Å²) in [7, 11) is 0. The Kier molecular flexibility index (Phi) is 3.57. The minimum absolute atomic E-state index is 0.264. The third-order valence-corrected chi connectivity index (χ3v) is 3.33. The number of carbonyl (C=O) groups is 1. The van der Waals surface area contributed by atoms with E-state index >= 15 is 0 Å². The number of benzene rings is 1. The van der Waals surface area contributed by atoms with Crippen LogP contribution in [0.25, 0.3) is 0 Å². The van der Waals surface area contributed by atoms with Crippen LogP contribution in [0.1, 0.15) is 31.7 Å². The molecule has 0 saturated carbocycles. The van der Waals surface area contributed by atoms with E-state index in [4.69, 9.17) is 9.47 Å². The van der Waals surface area contributed by atoms with Gasteiger partial charge in [-0.2, -0.15) is 0 Å². The average molecular weight is 250 g/mol. The van der Waals surface area contributed by atoms with Gasteiger partial charge in [0.2, 0.25) is 0 Å². The first kappa shape index (κ1) is 12.9. The molecular weight excluding hydrogens is 232 g/mol. The van der Waals surface area contributed by atoms with Gasteiger partial charge in [0.1, 0.15) is 5.75 Å². The lowest BCUT2D eigenvalue weighted by Crippen LogP contribution is -2.44. The number of hydrogen-bond donors (Lipinski definition) is 1. The van der Waals surface area contributed by atoms with E-state index in [0.29, 0.717) is 13.0 Å². The van der Waals surface area contributed by atoms with Gasteiger partial charge in [-0.25, -0.2) is 4.79 Å². The van der Waals surface area contributed by atoms with E-state index in [1.165, 1.54) is 6.92 Å². The van der Waals surface area contributed by atoms with Crippen molar-refractivity contribution in [3.05, 3.63) is 29.8 Å². The van der Waals surface area contributed by atoms with Crippen LogP contribution in [0.15, 0.2) is 24.3 Å². The summed E-state index contributed by atoms with van der Waals surface area (Å²) in [6.07, 6.45) is 0.600. The van der Waals surface area contributed by atoms with Gasteiger partial charge in [0.25, 0.3) is 0 Å². The second-order valence-corrected chi connectivity index (χ2v) is 4.60. The highest BCUT2D eigenvalue weighted by molar-refractivity contribution is 5.80. The average Bonchev–Trinajstić information content (AvgIpc) is 2.38. The third kappa shape index (κ3) is 2.20. The van der Waals surface area contributed by atoms with Crippen molar-refractivity contribution in [3.63, 3.8) is 0 Å². The van der Waals surface area contributed by atoms with Crippen LogP contribution in [0, 0.1) is 0 Å². The van der Waals surface area contributed by atoms with Gasteiger partial charge in [-0.1, -0.05) is 18.2 Å². The summed E-state index contributed by atoms with van der Waals surface area (Å²) in [5, 5.41) is 10.5. The number of fused-ring (bicyclic) bond motifs is 1. The standard InChI is InChI=1S/C14H18O4/c1-3-17-13(15)14(2,16)11-8-9-18-12-7-5-4-6-10(11)12/h4-7,11,16H,3,8-9H2,1-2H3. The number of aliphatic hydroxyl groups is 1. The number of ether oxygens (including phenoxy) is 2. The number of hydrogen-bond acceptors (Lipinski definition) is 4. The Bertz CT molecular complexity index is 439. The smallest absolute Gasteiger partial charge is 0.338 e. The molecule has 0 fully saturated rings. The van der Waals surface area contributed by atoms with Gasteiger partial charge in [0.05, 0.1) is 13.2 Å². The van der Waals surface area contributed by atoms with Crippen LogP contribution in [0.3, 0.4) is 0 Å². The molecule has 1 aromatic carbocycles. The summed E-state index contributed by atoms with van der Waals surface area (Å²) in [5.41, 5.74) is -0.655. The molecule has 0 radical (unpaired) electrons. The molecule has 4 heteroatoms. The fourth-order valence-corrected chi connectivity index (χ4v) is 2.35. The van der Waals surface area contributed by atoms with E-state index in [9.17, 15) is 9.90 Å². The van der Waals surface area contributed by atoms with E-state index in [2.05, 4.69) is 0 Å². The van der Waals surface area contributed by atoms with Crippen molar-refractivity contribution in [2.75, 3.05) is 13.2 Å². The van der Waals surface area contributed by atoms with Gasteiger partial charge >= 0.3 is 5.97 Å². The van der Waals surface area contributed by atoms with Crippen LogP contribution in [-0.2, 0) is 9.53 Å². The molecule has 98 valence electrons. The lowest BCUT2D eigenvalue weighted by Gasteiger charge is -2.34. The van der Waals surface area contributed by atoms with Crippen LogP contribution in [0.2, 0.25) is 0 Å². The van der Waals surface area contributed by atoms with Gasteiger partial charge in [-0.15, -0.1) is 0 Å². The zero-order chi connectivity index (χ0) is 13.2. The van der Waals surface area contributed by atoms with Crippen molar-refractivity contribution in [2.45, 2.75) is 31.8 Å². The molecule has 1 N–H and O–H groups in total. The highest BCUT2D eigenvalue weighted by Gasteiger charge is 2.43. The number of para-hydroxylation sites is 1. The van der Waals surface area contributed by atoms with Crippen LogP contribution in [-0.4, -0.2) is 29.9 Å². The van der Waals surface area contributed by atoms with Crippen LogP contribution in [0.5, 0.6) is 5.75 Å². The third-order valence-electron chi connectivity index (χ3n) is 3.33. The summed E-state index contributed by atoms with van der Waals surface area (Å²) in [6.45, 7) is 4.00. The Morgan fingerprint density at radius 1 is 1.56 bits per heavy atom. The van der Waals surface area contributed by atoms with Gasteiger partial charge in [-0.05, 0) is 26.3 Å². The first-order chi connectivity index (χ1) is 8.57. The minimum atomic E-state index is -1.52. The largest absolute Gasteiger partial charge is 0.493 e. The van der Waals surface area contributed by atoms with E-state index in [-0.39, 0.29) is 12.5 Å². The molecule has 1 heterocycles. The molecule has 2 rings (SSSR count). The SMILES string of the molecule is CCOC(=O)C(C)(O)C1CCOc2ccccc21. The van der Waals surface area contributed by atoms with Crippen molar-refractivity contribution in [3.8, 4) is 5.75 Å². The Morgan fingerprint density at radius 3 is 3.00 bits per heavy atom. The molecule has 2 atom stereocenters. The molecule has 1 aromatic rings. The van der Waals surface area contributed by atoms with Gasteiger partial charge in [0.15, 0.2) is 5.60 Å². The lowest BCUT2D eigenvalue weighted by molar-refractivity contribution is -0.166. The zero-order valence-electron chi connectivity index (χ0n) is 10.7. The van der Waals surface area contributed by atoms with E-state index < -0.39 is 11.6 Å². The molecular formula is C14H18O4. The molecule has 4 nitrogen and oxygen atoms in total. The minimum Gasteiger partial charge on any atom is -0.493 e. The summed E-state index contributed by atoms with van der Waals surface area (Å²) in [5.74, 6) is -0.133. The Morgan fingerprint density at radius 2 is 2.28 bits per heavy atom. The molecule has 0 aromatic heterocycles. The molecule has 2 unspecified atom stereocenters. The maximum atomic E-state index is 11.9. The van der Waals surface area contributed by atoms with Crippen molar-refractivity contribution in [1.82, 2.24) is 0 Å². The number of rotatable bonds is 3. The highest BCUT2D eigenvalue weighted by Crippen LogP contribution is 2.40. The fourth-order valence-electron chi connectivity index (χ4n) is 2.35. The quantitative estimate of drug-likeness (QED) is 0.832. The van der Waals surface area contributed by atoms with Gasteiger partial charge in [-0.3, -0.25) is 0 Å². The molecule has 1 aliphatic heterocycles. The Balaban J connectivity index is 2.32. The summed E-state index contributed by atoms with van der Waals surface area (Å²) in [4.78, 5) is 11.9. The normalized spacial score (nSPS) is 21.4. The van der Waals surface area contributed by atoms with Crippen molar-refractivity contribution < 1.29 is 19.4 Å². The molecule has 1 aliphatic rings. The molecule has 0 aliphatic carbocycles. The Hall–Kier alpha value is -1.55. The lowest BCUT2D eigenvalue weighted by atomic mass is 9.79. The Labute approximate surface area is 107 Å². The topological polar surface area (TPSA) is 55.8 Å². The summed E-state index contributed by atoms with van der Waals surface area (Å²) in [6, 6.07) is 7.48. The van der Waals surface area contributed by atoms with Crippen molar-refractivity contribution in [1.29, 1.82) is 0 Å². The van der Waals surface area contributed by atoms with Crippen LogP contribution >= 0.6 is 0 Å². The van der Waals surface area contributed by atoms with E-state index in [1.54, 1.807) is 6.92 Å². The maximum Gasteiger partial charge on any atom is 0.338 e. The highest BCUT2D eigenvalue weighted by atomic mass is 16.5. The molecule has 0 saturated heterocycles. The monoisotopic (exact) mass is 250 g/mol.